The van der Waals surface area contributed by atoms with Crippen molar-refractivity contribution in [2.24, 2.45) is 0 Å². The SMILES string of the molecule is CC[C@H](CO)Nc1ccc(S(=O)(=O)NC)cn1. The van der Waals surface area contributed by atoms with E-state index in [0.717, 1.165) is 6.42 Å². The zero-order valence-corrected chi connectivity index (χ0v) is 10.7. The molecule has 1 aromatic rings. The number of rotatable bonds is 6. The number of nitrogens with zero attached hydrogens (tertiary/aromatic N) is 1. The summed E-state index contributed by atoms with van der Waals surface area (Å²) < 4.78 is 25.1. The van der Waals surface area contributed by atoms with E-state index in [1.54, 1.807) is 6.07 Å². The van der Waals surface area contributed by atoms with E-state index in [2.05, 4.69) is 15.0 Å². The number of hydrogen-bond acceptors (Lipinski definition) is 5. The maximum atomic E-state index is 11.4. The molecule has 6 nitrogen and oxygen atoms in total. The third-order valence-electron chi connectivity index (χ3n) is 2.38. The molecule has 3 N–H and O–H groups in total. The monoisotopic (exact) mass is 259 g/mol. The van der Waals surface area contributed by atoms with Gasteiger partial charge in [0.25, 0.3) is 0 Å². The molecule has 0 amide bonds. The van der Waals surface area contributed by atoms with Crippen LogP contribution in [0.3, 0.4) is 0 Å². The highest BCUT2D eigenvalue weighted by molar-refractivity contribution is 7.89. The van der Waals surface area contributed by atoms with Gasteiger partial charge in [-0.2, -0.15) is 0 Å². The molecular weight excluding hydrogens is 242 g/mol. The number of hydrogen-bond donors (Lipinski definition) is 3. The highest BCUT2D eigenvalue weighted by Crippen LogP contribution is 2.11. The lowest BCUT2D eigenvalue weighted by Crippen LogP contribution is -2.23. The first-order valence-corrected chi connectivity index (χ1v) is 6.78. The van der Waals surface area contributed by atoms with Crippen molar-refractivity contribution >= 4 is 15.8 Å². The zero-order chi connectivity index (χ0) is 12.9. The summed E-state index contributed by atoms with van der Waals surface area (Å²) in [6.07, 6.45) is 2.03. The average molecular weight is 259 g/mol. The van der Waals surface area contributed by atoms with Gasteiger partial charge in [-0.05, 0) is 25.6 Å². The fourth-order valence-corrected chi connectivity index (χ4v) is 1.90. The summed E-state index contributed by atoms with van der Waals surface area (Å²) in [5.41, 5.74) is 0. The molecule has 96 valence electrons. The van der Waals surface area contributed by atoms with Gasteiger partial charge in [0.05, 0.1) is 12.6 Å². The second-order valence-electron chi connectivity index (χ2n) is 3.52. The molecule has 0 unspecified atom stereocenters. The van der Waals surface area contributed by atoms with Gasteiger partial charge in [-0.25, -0.2) is 18.1 Å². The number of aliphatic hydroxyl groups excluding tert-OH is 1. The Labute approximate surface area is 101 Å². The Hall–Kier alpha value is -1.18. The second-order valence-corrected chi connectivity index (χ2v) is 5.41. The maximum Gasteiger partial charge on any atom is 0.241 e. The molecule has 0 radical (unpaired) electrons. The van der Waals surface area contributed by atoms with Gasteiger partial charge in [0.2, 0.25) is 10.0 Å². The molecule has 1 heterocycles. The molecule has 0 aromatic carbocycles. The fourth-order valence-electron chi connectivity index (χ4n) is 1.23. The molecule has 0 aliphatic heterocycles. The summed E-state index contributed by atoms with van der Waals surface area (Å²) in [4.78, 5) is 4.10. The Morgan fingerprint density at radius 3 is 2.59 bits per heavy atom. The average Bonchev–Trinajstić information content (AvgIpc) is 2.36. The summed E-state index contributed by atoms with van der Waals surface area (Å²) >= 11 is 0. The molecule has 0 saturated carbocycles. The quantitative estimate of drug-likeness (QED) is 0.677. The minimum atomic E-state index is -3.44. The van der Waals surface area contributed by atoms with E-state index in [1.807, 2.05) is 6.92 Å². The van der Waals surface area contributed by atoms with E-state index in [-0.39, 0.29) is 17.5 Å². The van der Waals surface area contributed by atoms with Crippen LogP contribution in [0.15, 0.2) is 23.2 Å². The van der Waals surface area contributed by atoms with E-state index in [9.17, 15) is 8.42 Å². The van der Waals surface area contributed by atoms with Crippen LogP contribution in [-0.4, -0.2) is 38.2 Å². The van der Waals surface area contributed by atoms with Crippen LogP contribution in [0, 0.1) is 0 Å². The minimum Gasteiger partial charge on any atom is -0.394 e. The molecule has 1 rings (SSSR count). The first-order chi connectivity index (χ1) is 8.03. The van der Waals surface area contributed by atoms with Crippen molar-refractivity contribution < 1.29 is 13.5 Å². The van der Waals surface area contributed by atoms with Crippen molar-refractivity contribution in [3.05, 3.63) is 18.3 Å². The molecule has 1 aromatic heterocycles. The molecule has 0 saturated heterocycles. The van der Waals surface area contributed by atoms with E-state index in [1.165, 1.54) is 19.3 Å². The number of sulfonamides is 1. The summed E-state index contributed by atoms with van der Waals surface area (Å²) in [7, 11) is -2.10. The predicted molar refractivity (Wildman–Crippen MR) is 65.3 cm³/mol. The van der Waals surface area contributed by atoms with Gasteiger partial charge in [0, 0.05) is 6.20 Å². The van der Waals surface area contributed by atoms with Crippen LogP contribution < -0.4 is 10.0 Å². The number of pyridine rings is 1. The zero-order valence-electron chi connectivity index (χ0n) is 9.84. The largest absolute Gasteiger partial charge is 0.394 e. The number of aliphatic hydroxyl groups is 1. The van der Waals surface area contributed by atoms with Gasteiger partial charge >= 0.3 is 0 Å². The molecular formula is C10H17N3O3S. The fraction of sp³-hybridized carbons (Fsp3) is 0.500. The van der Waals surface area contributed by atoms with Crippen molar-refractivity contribution in [2.75, 3.05) is 19.0 Å². The van der Waals surface area contributed by atoms with Crippen LogP contribution in [0.25, 0.3) is 0 Å². The highest BCUT2D eigenvalue weighted by atomic mass is 32.2. The van der Waals surface area contributed by atoms with E-state index in [4.69, 9.17) is 5.11 Å². The lowest BCUT2D eigenvalue weighted by atomic mass is 10.2. The molecule has 0 bridgehead atoms. The minimum absolute atomic E-state index is 0.00868. The molecule has 0 fully saturated rings. The Balaban J connectivity index is 2.82. The molecule has 0 aliphatic carbocycles. The van der Waals surface area contributed by atoms with Crippen LogP contribution in [0.2, 0.25) is 0 Å². The van der Waals surface area contributed by atoms with Crippen molar-refractivity contribution in [3.8, 4) is 0 Å². The summed E-state index contributed by atoms with van der Waals surface area (Å²) in [5, 5.41) is 12.0. The topological polar surface area (TPSA) is 91.3 Å². The van der Waals surface area contributed by atoms with Crippen LogP contribution >= 0.6 is 0 Å². The molecule has 17 heavy (non-hydrogen) atoms. The Morgan fingerprint density at radius 1 is 1.47 bits per heavy atom. The van der Waals surface area contributed by atoms with Gasteiger partial charge in [0.1, 0.15) is 10.7 Å². The first-order valence-electron chi connectivity index (χ1n) is 5.30. The maximum absolute atomic E-state index is 11.4. The molecule has 1 atom stereocenters. The van der Waals surface area contributed by atoms with Gasteiger partial charge in [-0.15, -0.1) is 0 Å². The third kappa shape index (κ3) is 3.65. The van der Waals surface area contributed by atoms with Gasteiger partial charge < -0.3 is 10.4 Å². The molecule has 0 aliphatic rings. The van der Waals surface area contributed by atoms with Crippen molar-refractivity contribution in [3.63, 3.8) is 0 Å². The lowest BCUT2D eigenvalue weighted by molar-refractivity contribution is 0.271. The van der Waals surface area contributed by atoms with Crippen LogP contribution in [0.4, 0.5) is 5.82 Å². The summed E-state index contributed by atoms with van der Waals surface area (Å²) in [6, 6.07) is 2.96. The Morgan fingerprint density at radius 2 is 2.18 bits per heavy atom. The van der Waals surface area contributed by atoms with E-state index >= 15 is 0 Å². The number of aromatic nitrogens is 1. The van der Waals surface area contributed by atoms with Crippen LogP contribution in [0.5, 0.6) is 0 Å². The Kier molecular flexibility index (Phi) is 4.86. The summed E-state index contributed by atoms with van der Waals surface area (Å²) in [5.74, 6) is 0.543. The van der Waals surface area contributed by atoms with E-state index in [0.29, 0.717) is 5.82 Å². The van der Waals surface area contributed by atoms with Gasteiger partial charge in [-0.3, -0.25) is 0 Å². The second kappa shape index (κ2) is 5.95. The number of anilines is 1. The smallest absolute Gasteiger partial charge is 0.241 e. The lowest BCUT2D eigenvalue weighted by Gasteiger charge is -2.14. The molecule has 0 spiro atoms. The van der Waals surface area contributed by atoms with Crippen molar-refractivity contribution in [1.29, 1.82) is 0 Å². The predicted octanol–water partition coefficient (Wildman–Crippen LogP) is 0.172. The van der Waals surface area contributed by atoms with Gasteiger partial charge in [0.15, 0.2) is 0 Å². The number of nitrogens with one attached hydrogen (secondary N) is 2. The Bertz CT molecular complexity index is 440. The highest BCUT2D eigenvalue weighted by Gasteiger charge is 2.12. The normalized spacial score (nSPS) is 13.4. The first kappa shape index (κ1) is 13.9. The standard InChI is InChI=1S/C10H17N3O3S/c1-3-8(7-14)13-10-5-4-9(6-12-10)17(15,16)11-2/h4-6,8,11,14H,3,7H2,1-2H3,(H,12,13)/t8-/m1/s1. The van der Waals surface area contributed by atoms with Gasteiger partial charge in [-0.1, -0.05) is 6.92 Å². The van der Waals surface area contributed by atoms with Crippen LogP contribution in [-0.2, 0) is 10.0 Å². The van der Waals surface area contributed by atoms with Crippen LogP contribution in [0.1, 0.15) is 13.3 Å². The summed E-state index contributed by atoms with van der Waals surface area (Å²) in [6.45, 7) is 1.95. The van der Waals surface area contributed by atoms with Crippen molar-refractivity contribution in [2.45, 2.75) is 24.3 Å². The third-order valence-corrected chi connectivity index (χ3v) is 3.78. The van der Waals surface area contributed by atoms with E-state index < -0.39 is 10.0 Å². The van der Waals surface area contributed by atoms with Crippen molar-refractivity contribution in [1.82, 2.24) is 9.71 Å². The molecule has 7 heteroatoms.